The van der Waals surface area contributed by atoms with Crippen molar-refractivity contribution in [1.82, 2.24) is 14.9 Å². The van der Waals surface area contributed by atoms with Crippen molar-refractivity contribution in [3.8, 4) is 0 Å². The normalized spacial score (nSPS) is 23.6. The topological polar surface area (TPSA) is 78.5 Å². The second kappa shape index (κ2) is 7.75. The van der Waals surface area contributed by atoms with Crippen molar-refractivity contribution in [3.05, 3.63) is 12.2 Å². The van der Waals surface area contributed by atoms with Crippen molar-refractivity contribution >= 4 is 15.9 Å². The Morgan fingerprint density at radius 3 is 2.65 bits per heavy atom. The molecule has 0 aromatic rings. The third-order valence-corrected chi connectivity index (χ3v) is 4.03. The summed E-state index contributed by atoms with van der Waals surface area (Å²) >= 11 is 0. The van der Waals surface area contributed by atoms with Crippen LogP contribution in [-0.2, 0) is 14.8 Å². The Morgan fingerprint density at radius 1 is 1.35 bits per heavy atom. The van der Waals surface area contributed by atoms with Crippen molar-refractivity contribution in [1.29, 1.82) is 0 Å². The summed E-state index contributed by atoms with van der Waals surface area (Å²) in [6.07, 6.45) is 7.26. The molecule has 1 saturated carbocycles. The molecule has 0 saturated heterocycles. The maximum absolute atomic E-state index is 11.6. The first-order chi connectivity index (χ1) is 9.28. The standard InChI is InChI=1S/C13H25N3O3S/c1-16(2)9-5-8-13(17)14-10-11-6-4-7-12(11)15-20(3,18)19/h5,8,11-12,15H,4,6-7,9-10H2,1-3H3,(H,14,17)/b8-5+. The van der Waals surface area contributed by atoms with Gasteiger partial charge in [0, 0.05) is 25.2 Å². The van der Waals surface area contributed by atoms with Crippen LogP contribution in [0.2, 0.25) is 0 Å². The van der Waals surface area contributed by atoms with Gasteiger partial charge < -0.3 is 10.2 Å². The molecule has 0 radical (unpaired) electrons. The lowest BCUT2D eigenvalue weighted by Crippen LogP contribution is -2.41. The molecule has 116 valence electrons. The number of hydrogen-bond acceptors (Lipinski definition) is 4. The number of nitrogens with one attached hydrogen (secondary N) is 2. The van der Waals surface area contributed by atoms with Crippen LogP contribution in [0.1, 0.15) is 19.3 Å². The lowest BCUT2D eigenvalue weighted by Gasteiger charge is -2.19. The van der Waals surface area contributed by atoms with Gasteiger partial charge in [-0.25, -0.2) is 13.1 Å². The van der Waals surface area contributed by atoms with Crippen LogP contribution in [0.25, 0.3) is 0 Å². The molecule has 1 aliphatic rings. The minimum absolute atomic E-state index is 0.0592. The second-order valence-corrected chi connectivity index (χ2v) is 7.38. The van der Waals surface area contributed by atoms with E-state index < -0.39 is 10.0 Å². The average molecular weight is 303 g/mol. The van der Waals surface area contributed by atoms with E-state index in [0.29, 0.717) is 6.54 Å². The zero-order chi connectivity index (χ0) is 15.2. The van der Waals surface area contributed by atoms with E-state index in [0.717, 1.165) is 25.8 Å². The summed E-state index contributed by atoms with van der Waals surface area (Å²) in [5.41, 5.74) is 0. The van der Waals surface area contributed by atoms with E-state index in [1.54, 1.807) is 6.08 Å². The van der Waals surface area contributed by atoms with Crippen molar-refractivity contribution in [2.24, 2.45) is 5.92 Å². The molecule has 7 heteroatoms. The molecule has 0 aromatic heterocycles. The highest BCUT2D eigenvalue weighted by atomic mass is 32.2. The fraction of sp³-hybridized carbons (Fsp3) is 0.769. The molecule has 1 aliphatic carbocycles. The molecule has 2 N–H and O–H groups in total. The molecule has 1 fully saturated rings. The number of rotatable bonds is 7. The highest BCUT2D eigenvalue weighted by Crippen LogP contribution is 2.25. The molecule has 0 bridgehead atoms. The summed E-state index contributed by atoms with van der Waals surface area (Å²) in [7, 11) is 0.681. The summed E-state index contributed by atoms with van der Waals surface area (Å²) in [5.74, 6) is 0.0489. The summed E-state index contributed by atoms with van der Waals surface area (Å²) in [6, 6.07) is -0.0592. The minimum atomic E-state index is -3.18. The monoisotopic (exact) mass is 303 g/mol. The van der Waals surface area contributed by atoms with Crippen LogP contribution < -0.4 is 10.0 Å². The Balaban J connectivity index is 2.36. The van der Waals surface area contributed by atoms with Gasteiger partial charge in [-0.2, -0.15) is 0 Å². The van der Waals surface area contributed by atoms with E-state index in [-0.39, 0.29) is 17.9 Å². The second-order valence-electron chi connectivity index (χ2n) is 5.60. The Kier molecular flexibility index (Phi) is 6.64. The Bertz CT molecular complexity index is 446. The molecular formula is C13H25N3O3S. The van der Waals surface area contributed by atoms with Gasteiger partial charge in [-0.15, -0.1) is 0 Å². The zero-order valence-corrected chi connectivity index (χ0v) is 13.2. The maximum Gasteiger partial charge on any atom is 0.243 e. The predicted octanol–water partition coefficient (Wildman–Crippen LogP) is -0.0617. The summed E-state index contributed by atoms with van der Waals surface area (Å²) < 4.78 is 25.2. The molecule has 6 nitrogen and oxygen atoms in total. The van der Waals surface area contributed by atoms with Gasteiger partial charge in [-0.1, -0.05) is 12.5 Å². The van der Waals surface area contributed by atoms with E-state index in [1.807, 2.05) is 19.0 Å². The van der Waals surface area contributed by atoms with Gasteiger partial charge >= 0.3 is 0 Å². The third kappa shape index (κ3) is 7.02. The third-order valence-electron chi connectivity index (χ3n) is 3.30. The first-order valence-electron chi connectivity index (χ1n) is 6.84. The molecule has 2 unspecified atom stereocenters. The molecule has 1 amide bonds. The van der Waals surface area contributed by atoms with E-state index in [2.05, 4.69) is 10.0 Å². The van der Waals surface area contributed by atoms with Gasteiger partial charge in [0.2, 0.25) is 15.9 Å². The van der Waals surface area contributed by atoms with Crippen molar-refractivity contribution in [2.75, 3.05) is 33.4 Å². The van der Waals surface area contributed by atoms with Gasteiger partial charge in [0.25, 0.3) is 0 Å². The average Bonchev–Trinajstić information content (AvgIpc) is 2.71. The Morgan fingerprint density at radius 2 is 2.05 bits per heavy atom. The Labute approximate surface area is 121 Å². The lowest BCUT2D eigenvalue weighted by atomic mass is 10.0. The van der Waals surface area contributed by atoms with E-state index >= 15 is 0 Å². The van der Waals surface area contributed by atoms with Crippen LogP contribution in [0.15, 0.2) is 12.2 Å². The van der Waals surface area contributed by atoms with Gasteiger partial charge in [-0.05, 0) is 32.9 Å². The lowest BCUT2D eigenvalue weighted by molar-refractivity contribution is -0.116. The molecule has 0 aromatic carbocycles. The fourth-order valence-electron chi connectivity index (χ4n) is 2.37. The molecule has 20 heavy (non-hydrogen) atoms. The van der Waals surface area contributed by atoms with Crippen LogP contribution in [-0.4, -0.2) is 58.7 Å². The van der Waals surface area contributed by atoms with Crippen LogP contribution in [0.3, 0.4) is 0 Å². The minimum Gasteiger partial charge on any atom is -0.352 e. The highest BCUT2D eigenvalue weighted by Gasteiger charge is 2.29. The van der Waals surface area contributed by atoms with Crippen LogP contribution >= 0.6 is 0 Å². The van der Waals surface area contributed by atoms with Crippen molar-refractivity contribution < 1.29 is 13.2 Å². The fourth-order valence-corrected chi connectivity index (χ4v) is 3.23. The van der Waals surface area contributed by atoms with Crippen LogP contribution in [0.5, 0.6) is 0 Å². The molecule has 0 spiro atoms. The van der Waals surface area contributed by atoms with Gasteiger partial charge in [0.1, 0.15) is 0 Å². The van der Waals surface area contributed by atoms with Crippen LogP contribution in [0, 0.1) is 5.92 Å². The van der Waals surface area contributed by atoms with Crippen LogP contribution in [0.4, 0.5) is 0 Å². The van der Waals surface area contributed by atoms with E-state index in [1.165, 1.54) is 12.3 Å². The number of amides is 1. The SMILES string of the molecule is CN(C)C/C=C/C(=O)NCC1CCCC1NS(C)(=O)=O. The first kappa shape index (κ1) is 17.1. The maximum atomic E-state index is 11.6. The molecule has 2 atom stereocenters. The van der Waals surface area contributed by atoms with Crippen molar-refractivity contribution in [2.45, 2.75) is 25.3 Å². The predicted molar refractivity (Wildman–Crippen MR) is 79.8 cm³/mol. The van der Waals surface area contributed by atoms with E-state index in [4.69, 9.17) is 0 Å². The number of carbonyl (C=O) groups excluding carboxylic acids is 1. The van der Waals surface area contributed by atoms with Gasteiger partial charge in [-0.3, -0.25) is 4.79 Å². The Hall–Kier alpha value is -0.920. The largest absolute Gasteiger partial charge is 0.352 e. The smallest absolute Gasteiger partial charge is 0.243 e. The molecular weight excluding hydrogens is 278 g/mol. The zero-order valence-electron chi connectivity index (χ0n) is 12.4. The molecule has 0 aliphatic heterocycles. The summed E-state index contributed by atoms with van der Waals surface area (Å²) in [6.45, 7) is 1.23. The number of hydrogen-bond donors (Lipinski definition) is 2. The van der Waals surface area contributed by atoms with Gasteiger partial charge in [0.15, 0.2) is 0 Å². The summed E-state index contributed by atoms with van der Waals surface area (Å²) in [4.78, 5) is 13.6. The quantitative estimate of drug-likeness (QED) is 0.646. The summed E-state index contributed by atoms with van der Waals surface area (Å²) in [5, 5.41) is 2.83. The number of sulfonamides is 1. The first-order valence-corrected chi connectivity index (χ1v) is 8.73. The van der Waals surface area contributed by atoms with Gasteiger partial charge in [0.05, 0.1) is 6.26 Å². The van der Waals surface area contributed by atoms with Crippen molar-refractivity contribution in [3.63, 3.8) is 0 Å². The molecule has 1 rings (SSSR count). The number of likely N-dealkylation sites (N-methyl/N-ethyl adjacent to an activating group) is 1. The highest BCUT2D eigenvalue weighted by molar-refractivity contribution is 7.88. The number of nitrogens with zero attached hydrogens (tertiary/aromatic N) is 1. The number of carbonyl (C=O) groups is 1. The molecule has 0 heterocycles. The van der Waals surface area contributed by atoms with E-state index in [9.17, 15) is 13.2 Å².